The van der Waals surface area contributed by atoms with Gasteiger partial charge in [-0.3, -0.25) is 0 Å². The molecule has 1 saturated carbocycles. The summed E-state index contributed by atoms with van der Waals surface area (Å²) in [5.74, 6) is 0.820. The summed E-state index contributed by atoms with van der Waals surface area (Å²) in [4.78, 5) is 4.16. The molecule has 0 aromatic carbocycles. The second kappa shape index (κ2) is 5.15. The van der Waals surface area contributed by atoms with E-state index in [0.717, 1.165) is 36.7 Å². The van der Waals surface area contributed by atoms with E-state index in [1.54, 1.807) is 17.5 Å². The monoisotopic (exact) mass is 240 g/mol. The number of thiazole rings is 1. The van der Waals surface area contributed by atoms with Gasteiger partial charge in [-0.15, -0.1) is 11.3 Å². The molecule has 0 aliphatic heterocycles. The van der Waals surface area contributed by atoms with Crippen molar-refractivity contribution in [3.8, 4) is 0 Å². The van der Waals surface area contributed by atoms with Crippen LogP contribution in [0.2, 0.25) is 0 Å². The number of anilines is 1. The highest BCUT2D eigenvalue weighted by Crippen LogP contribution is 2.33. The first-order chi connectivity index (χ1) is 7.72. The number of aliphatic hydroxyl groups is 1. The third kappa shape index (κ3) is 2.95. The zero-order chi connectivity index (χ0) is 11.4. The first-order valence-electron chi connectivity index (χ1n) is 6.07. The molecule has 0 saturated heterocycles. The van der Waals surface area contributed by atoms with Crippen LogP contribution >= 0.6 is 11.3 Å². The molecule has 1 fully saturated rings. The molecule has 16 heavy (non-hydrogen) atoms. The highest BCUT2D eigenvalue weighted by atomic mass is 32.1. The van der Waals surface area contributed by atoms with Crippen molar-refractivity contribution in [3.63, 3.8) is 0 Å². The highest BCUT2D eigenvalue weighted by Gasteiger charge is 2.32. The Labute approximate surface area is 101 Å². The molecule has 0 unspecified atom stereocenters. The maximum absolute atomic E-state index is 10.4. The van der Waals surface area contributed by atoms with Crippen molar-refractivity contribution >= 4 is 16.5 Å². The van der Waals surface area contributed by atoms with Crippen LogP contribution in [0.3, 0.4) is 0 Å². The number of rotatable bonds is 4. The van der Waals surface area contributed by atoms with Crippen molar-refractivity contribution in [1.82, 2.24) is 4.98 Å². The maximum atomic E-state index is 10.4. The maximum Gasteiger partial charge on any atom is 0.182 e. The van der Waals surface area contributed by atoms with Gasteiger partial charge in [-0.2, -0.15) is 0 Å². The third-order valence-electron chi connectivity index (χ3n) is 3.61. The van der Waals surface area contributed by atoms with Gasteiger partial charge in [0.2, 0.25) is 0 Å². The molecule has 1 aromatic heterocycles. The van der Waals surface area contributed by atoms with E-state index < -0.39 is 5.60 Å². The first-order valence-corrected chi connectivity index (χ1v) is 6.95. The van der Waals surface area contributed by atoms with E-state index in [1.807, 2.05) is 5.38 Å². The molecule has 2 N–H and O–H groups in total. The van der Waals surface area contributed by atoms with Crippen molar-refractivity contribution in [2.24, 2.45) is 5.92 Å². The summed E-state index contributed by atoms with van der Waals surface area (Å²) >= 11 is 1.58. The standard InChI is InChI=1S/C12H20N2OS/c1-2-10-3-5-12(15,6-4-10)9-14-11-13-7-8-16-11/h7-8,10,15H,2-6,9H2,1H3,(H,13,14). The molecule has 0 amide bonds. The van der Waals surface area contributed by atoms with Crippen LogP contribution < -0.4 is 5.32 Å². The Kier molecular flexibility index (Phi) is 3.82. The Morgan fingerprint density at radius 1 is 1.56 bits per heavy atom. The second-order valence-corrected chi connectivity index (χ2v) is 5.66. The fraction of sp³-hybridized carbons (Fsp3) is 0.750. The molecule has 1 aromatic rings. The van der Waals surface area contributed by atoms with Crippen LogP contribution in [0, 0.1) is 5.92 Å². The molecular formula is C12H20N2OS. The molecule has 4 heteroatoms. The quantitative estimate of drug-likeness (QED) is 0.850. The lowest BCUT2D eigenvalue weighted by atomic mass is 9.78. The van der Waals surface area contributed by atoms with E-state index in [2.05, 4.69) is 17.2 Å². The molecule has 3 nitrogen and oxygen atoms in total. The van der Waals surface area contributed by atoms with Gasteiger partial charge in [-0.25, -0.2) is 4.98 Å². The number of nitrogens with one attached hydrogen (secondary N) is 1. The molecule has 0 spiro atoms. The van der Waals surface area contributed by atoms with E-state index in [-0.39, 0.29) is 0 Å². The van der Waals surface area contributed by atoms with Crippen molar-refractivity contribution < 1.29 is 5.11 Å². The van der Waals surface area contributed by atoms with E-state index >= 15 is 0 Å². The summed E-state index contributed by atoms with van der Waals surface area (Å²) in [5.41, 5.74) is -0.517. The van der Waals surface area contributed by atoms with Crippen LogP contribution in [-0.4, -0.2) is 22.2 Å². The lowest BCUT2D eigenvalue weighted by molar-refractivity contribution is 0.00229. The number of nitrogens with zero attached hydrogens (tertiary/aromatic N) is 1. The molecule has 90 valence electrons. The van der Waals surface area contributed by atoms with Crippen molar-refractivity contribution in [2.45, 2.75) is 44.6 Å². The molecule has 1 aliphatic carbocycles. The van der Waals surface area contributed by atoms with Crippen LogP contribution in [0.15, 0.2) is 11.6 Å². The van der Waals surface area contributed by atoms with Crippen LogP contribution in [0.1, 0.15) is 39.0 Å². The Morgan fingerprint density at radius 3 is 2.88 bits per heavy atom. The molecule has 2 rings (SSSR count). The van der Waals surface area contributed by atoms with E-state index in [4.69, 9.17) is 0 Å². The van der Waals surface area contributed by atoms with Crippen LogP contribution in [0.25, 0.3) is 0 Å². The smallest absolute Gasteiger partial charge is 0.182 e. The van der Waals surface area contributed by atoms with Gasteiger partial charge in [0.1, 0.15) is 0 Å². The molecule has 0 bridgehead atoms. The van der Waals surface area contributed by atoms with Crippen molar-refractivity contribution in [3.05, 3.63) is 11.6 Å². The Bertz CT molecular complexity index is 305. The Balaban J connectivity index is 1.80. The predicted molar refractivity (Wildman–Crippen MR) is 67.8 cm³/mol. The van der Waals surface area contributed by atoms with Gasteiger partial charge < -0.3 is 10.4 Å². The van der Waals surface area contributed by atoms with Crippen molar-refractivity contribution in [2.75, 3.05) is 11.9 Å². The molecular weight excluding hydrogens is 220 g/mol. The highest BCUT2D eigenvalue weighted by molar-refractivity contribution is 7.13. The molecule has 1 aliphatic rings. The van der Waals surface area contributed by atoms with E-state index in [0.29, 0.717) is 6.54 Å². The Morgan fingerprint density at radius 2 is 2.31 bits per heavy atom. The summed E-state index contributed by atoms with van der Waals surface area (Å²) in [7, 11) is 0. The lowest BCUT2D eigenvalue weighted by Gasteiger charge is -2.35. The lowest BCUT2D eigenvalue weighted by Crippen LogP contribution is -2.40. The third-order valence-corrected chi connectivity index (χ3v) is 4.35. The molecule has 0 radical (unpaired) electrons. The number of hydrogen-bond donors (Lipinski definition) is 2. The summed E-state index contributed by atoms with van der Waals surface area (Å²) in [5, 5.41) is 16.5. The van der Waals surface area contributed by atoms with Crippen LogP contribution in [0.4, 0.5) is 5.13 Å². The van der Waals surface area contributed by atoms with Gasteiger partial charge in [0, 0.05) is 18.1 Å². The number of aromatic nitrogens is 1. The number of hydrogen-bond acceptors (Lipinski definition) is 4. The van der Waals surface area contributed by atoms with Gasteiger partial charge in [0.05, 0.1) is 5.60 Å². The van der Waals surface area contributed by atoms with Crippen LogP contribution in [0.5, 0.6) is 0 Å². The topological polar surface area (TPSA) is 45.1 Å². The predicted octanol–water partition coefficient (Wildman–Crippen LogP) is 2.89. The van der Waals surface area contributed by atoms with Gasteiger partial charge >= 0.3 is 0 Å². The normalized spacial score (nSPS) is 30.2. The van der Waals surface area contributed by atoms with E-state index in [9.17, 15) is 5.11 Å². The zero-order valence-electron chi connectivity index (χ0n) is 9.78. The van der Waals surface area contributed by atoms with Gasteiger partial charge in [-0.1, -0.05) is 13.3 Å². The summed E-state index contributed by atoms with van der Waals surface area (Å²) in [6, 6.07) is 0. The summed E-state index contributed by atoms with van der Waals surface area (Å²) < 4.78 is 0. The average molecular weight is 240 g/mol. The van der Waals surface area contributed by atoms with E-state index in [1.165, 1.54) is 6.42 Å². The Hall–Kier alpha value is -0.610. The zero-order valence-corrected chi connectivity index (χ0v) is 10.6. The minimum atomic E-state index is -0.517. The minimum absolute atomic E-state index is 0.517. The van der Waals surface area contributed by atoms with Crippen LogP contribution in [-0.2, 0) is 0 Å². The fourth-order valence-corrected chi connectivity index (χ4v) is 2.88. The molecule has 0 atom stereocenters. The first kappa shape index (κ1) is 11.9. The largest absolute Gasteiger partial charge is 0.388 e. The summed E-state index contributed by atoms with van der Waals surface area (Å²) in [6.07, 6.45) is 7.19. The van der Waals surface area contributed by atoms with Gasteiger partial charge in [0.15, 0.2) is 5.13 Å². The van der Waals surface area contributed by atoms with Gasteiger partial charge in [0.25, 0.3) is 0 Å². The average Bonchev–Trinajstić information content (AvgIpc) is 2.81. The van der Waals surface area contributed by atoms with Gasteiger partial charge in [-0.05, 0) is 31.6 Å². The minimum Gasteiger partial charge on any atom is -0.388 e. The van der Waals surface area contributed by atoms with Crippen molar-refractivity contribution in [1.29, 1.82) is 0 Å². The summed E-state index contributed by atoms with van der Waals surface area (Å²) in [6.45, 7) is 2.87. The SMILES string of the molecule is CCC1CCC(O)(CNc2nccs2)CC1. The fourth-order valence-electron chi connectivity index (χ4n) is 2.35. The molecule has 1 heterocycles. The second-order valence-electron chi connectivity index (χ2n) is 4.77.